The Kier molecular flexibility index (Phi) is 4.75. The van der Waals surface area contributed by atoms with Gasteiger partial charge in [0, 0.05) is 6.07 Å². The number of fused-ring (bicyclic) bond motifs is 1. The number of methoxy groups -OCH3 is 3. The second-order valence-corrected chi connectivity index (χ2v) is 5.29. The zero-order chi connectivity index (χ0) is 17.8. The van der Waals surface area contributed by atoms with Gasteiger partial charge in [0.05, 0.1) is 21.3 Å². The molecule has 0 saturated heterocycles. The summed E-state index contributed by atoms with van der Waals surface area (Å²) in [6.45, 7) is 0. The highest BCUT2D eigenvalue weighted by Crippen LogP contribution is 2.28. The maximum atomic E-state index is 12.4. The minimum atomic E-state index is -0.148. The van der Waals surface area contributed by atoms with Crippen molar-refractivity contribution in [3.8, 4) is 17.2 Å². The lowest BCUT2D eigenvalue weighted by Crippen LogP contribution is -2.02. The third-order valence-electron chi connectivity index (χ3n) is 3.80. The average Bonchev–Trinajstić information content (AvgIpc) is 2.65. The lowest BCUT2D eigenvalue weighted by Gasteiger charge is -2.07. The van der Waals surface area contributed by atoms with E-state index in [4.69, 9.17) is 18.6 Å². The van der Waals surface area contributed by atoms with Gasteiger partial charge in [-0.2, -0.15) is 0 Å². The predicted molar refractivity (Wildman–Crippen MR) is 97.5 cm³/mol. The third kappa shape index (κ3) is 3.35. The Balaban J connectivity index is 1.98. The van der Waals surface area contributed by atoms with Gasteiger partial charge in [0.25, 0.3) is 0 Å². The Bertz CT molecular complexity index is 985. The normalized spacial score (nSPS) is 11.0. The Morgan fingerprint density at radius 1 is 0.840 bits per heavy atom. The van der Waals surface area contributed by atoms with E-state index >= 15 is 0 Å². The van der Waals surface area contributed by atoms with Crippen LogP contribution in [0.5, 0.6) is 17.2 Å². The van der Waals surface area contributed by atoms with E-state index in [2.05, 4.69) is 0 Å². The van der Waals surface area contributed by atoms with Gasteiger partial charge in [-0.15, -0.1) is 0 Å². The van der Waals surface area contributed by atoms with Crippen LogP contribution in [0.3, 0.4) is 0 Å². The molecule has 0 unspecified atom stereocenters. The summed E-state index contributed by atoms with van der Waals surface area (Å²) < 4.78 is 21.5. The smallest absolute Gasteiger partial charge is 0.197 e. The van der Waals surface area contributed by atoms with Crippen LogP contribution in [0.2, 0.25) is 0 Å². The van der Waals surface area contributed by atoms with Crippen molar-refractivity contribution in [2.45, 2.75) is 0 Å². The molecule has 0 spiro atoms. The molecule has 0 aliphatic heterocycles. The van der Waals surface area contributed by atoms with Crippen LogP contribution in [-0.4, -0.2) is 21.3 Å². The number of rotatable bonds is 5. The van der Waals surface area contributed by atoms with Crippen LogP contribution in [0.15, 0.2) is 51.7 Å². The number of hydrogen-bond donors (Lipinski definition) is 0. The van der Waals surface area contributed by atoms with Crippen molar-refractivity contribution >= 4 is 23.1 Å². The fourth-order valence-corrected chi connectivity index (χ4v) is 2.58. The molecule has 5 nitrogen and oxygen atoms in total. The standard InChI is InChI=1S/C20H18O5/c1-22-16-10-8-13(11-19(16)24-3)7-9-14-12-15(21)20-17(23-2)5-4-6-18(20)25-14/h4-12H,1-3H3. The molecule has 0 bridgehead atoms. The third-order valence-corrected chi connectivity index (χ3v) is 3.80. The number of benzene rings is 2. The fourth-order valence-electron chi connectivity index (χ4n) is 2.58. The molecule has 0 radical (unpaired) electrons. The molecule has 0 atom stereocenters. The SMILES string of the molecule is COc1ccc(C=Cc2cc(=O)c3c(OC)cccc3o2)cc1OC. The topological polar surface area (TPSA) is 57.9 Å². The summed E-state index contributed by atoms with van der Waals surface area (Å²) >= 11 is 0. The van der Waals surface area contributed by atoms with Crippen LogP contribution in [0.25, 0.3) is 23.1 Å². The van der Waals surface area contributed by atoms with E-state index in [1.165, 1.54) is 13.2 Å². The molecular weight excluding hydrogens is 320 g/mol. The van der Waals surface area contributed by atoms with E-state index in [1.54, 1.807) is 38.5 Å². The van der Waals surface area contributed by atoms with Gasteiger partial charge in [0.1, 0.15) is 22.5 Å². The quantitative estimate of drug-likeness (QED) is 0.704. The molecular formula is C20H18O5. The Labute approximate surface area is 145 Å². The van der Waals surface area contributed by atoms with Crippen molar-refractivity contribution in [3.05, 3.63) is 64.0 Å². The first kappa shape index (κ1) is 16.6. The van der Waals surface area contributed by atoms with E-state index in [0.717, 1.165) is 5.56 Å². The van der Waals surface area contributed by atoms with Crippen LogP contribution in [0.1, 0.15) is 11.3 Å². The van der Waals surface area contributed by atoms with Crippen molar-refractivity contribution < 1.29 is 18.6 Å². The predicted octanol–water partition coefficient (Wildman–Crippen LogP) is 3.99. The molecule has 0 aliphatic rings. The van der Waals surface area contributed by atoms with Crippen LogP contribution >= 0.6 is 0 Å². The summed E-state index contributed by atoms with van der Waals surface area (Å²) in [7, 11) is 4.70. The highest BCUT2D eigenvalue weighted by Gasteiger charge is 2.08. The summed E-state index contributed by atoms with van der Waals surface area (Å²) in [4.78, 5) is 12.4. The molecule has 3 aromatic rings. The maximum absolute atomic E-state index is 12.4. The fraction of sp³-hybridized carbons (Fsp3) is 0.150. The molecule has 0 aliphatic carbocycles. The first-order valence-electron chi connectivity index (χ1n) is 7.67. The Morgan fingerprint density at radius 3 is 2.32 bits per heavy atom. The summed E-state index contributed by atoms with van der Waals surface area (Å²) in [5.41, 5.74) is 1.23. The molecule has 0 amide bonds. The molecule has 3 rings (SSSR count). The first-order valence-corrected chi connectivity index (χ1v) is 7.67. The van der Waals surface area contributed by atoms with Gasteiger partial charge in [-0.3, -0.25) is 4.79 Å². The van der Waals surface area contributed by atoms with Crippen LogP contribution in [0, 0.1) is 0 Å². The largest absolute Gasteiger partial charge is 0.496 e. The molecule has 25 heavy (non-hydrogen) atoms. The summed E-state index contributed by atoms with van der Waals surface area (Å²) in [6, 6.07) is 12.3. The highest BCUT2D eigenvalue weighted by atomic mass is 16.5. The van der Waals surface area contributed by atoms with E-state index in [0.29, 0.717) is 34.0 Å². The van der Waals surface area contributed by atoms with Gasteiger partial charge in [-0.25, -0.2) is 0 Å². The van der Waals surface area contributed by atoms with Crippen molar-refractivity contribution in [1.82, 2.24) is 0 Å². The average molecular weight is 338 g/mol. The monoisotopic (exact) mass is 338 g/mol. The number of ether oxygens (including phenoxy) is 3. The molecule has 128 valence electrons. The summed E-state index contributed by atoms with van der Waals surface area (Å²) in [5, 5.41) is 0.438. The van der Waals surface area contributed by atoms with Gasteiger partial charge in [-0.1, -0.05) is 18.2 Å². The second-order valence-electron chi connectivity index (χ2n) is 5.29. The van der Waals surface area contributed by atoms with Gasteiger partial charge in [0.2, 0.25) is 0 Å². The first-order chi connectivity index (χ1) is 12.2. The highest BCUT2D eigenvalue weighted by molar-refractivity contribution is 5.84. The zero-order valence-electron chi connectivity index (χ0n) is 14.2. The zero-order valence-corrected chi connectivity index (χ0v) is 14.2. The Morgan fingerprint density at radius 2 is 1.60 bits per heavy atom. The van der Waals surface area contributed by atoms with Gasteiger partial charge in [-0.05, 0) is 35.9 Å². The van der Waals surface area contributed by atoms with Crippen LogP contribution in [0.4, 0.5) is 0 Å². The lowest BCUT2D eigenvalue weighted by atomic mass is 10.1. The minimum absolute atomic E-state index is 0.148. The second kappa shape index (κ2) is 7.13. The van der Waals surface area contributed by atoms with Gasteiger partial charge in [0.15, 0.2) is 16.9 Å². The molecule has 0 N–H and O–H groups in total. The Hall–Kier alpha value is -3.21. The minimum Gasteiger partial charge on any atom is -0.496 e. The van der Waals surface area contributed by atoms with Gasteiger partial charge >= 0.3 is 0 Å². The van der Waals surface area contributed by atoms with E-state index in [9.17, 15) is 4.79 Å². The molecule has 0 fully saturated rings. The molecule has 1 heterocycles. The van der Waals surface area contributed by atoms with Crippen LogP contribution < -0.4 is 19.6 Å². The van der Waals surface area contributed by atoms with Crippen LogP contribution in [-0.2, 0) is 0 Å². The van der Waals surface area contributed by atoms with Crippen molar-refractivity contribution in [3.63, 3.8) is 0 Å². The molecule has 2 aromatic carbocycles. The molecule has 1 aromatic heterocycles. The summed E-state index contributed by atoms with van der Waals surface area (Å²) in [5.74, 6) is 2.25. The van der Waals surface area contributed by atoms with E-state index < -0.39 is 0 Å². The van der Waals surface area contributed by atoms with Crippen molar-refractivity contribution in [2.24, 2.45) is 0 Å². The van der Waals surface area contributed by atoms with Crippen molar-refractivity contribution in [1.29, 1.82) is 0 Å². The summed E-state index contributed by atoms with van der Waals surface area (Å²) in [6.07, 6.45) is 3.58. The van der Waals surface area contributed by atoms with E-state index in [1.807, 2.05) is 24.3 Å². The maximum Gasteiger partial charge on any atom is 0.197 e. The number of hydrogen-bond acceptors (Lipinski definition) is 5. The van der Waals surface area contributed by atoms with E-state index in [-0.39, 0.29) is 5.43 Å². The lowest BCUT2D eigenvalue weighted by molar-refractivity contribution is 0.355. The van der Waals surface area contributed by atoms with Gasteiger partial charge < -0.3 is 18.6 Å². The molecule has 5 heteroatoms. The van der Waals surface area contributed by atoms with Crippen molar-refractivity contribution in [2.75, 3.05) is 21.3 Å². The molecule has 0 saturated carbocycles.